The number of carbonyl (C=O) groups excluding carboxylic acids is 1. The van der Waals surface area contributed by atoms with E-state index in [2.05, 4.69) is 10.6 Å². The number of halogens is 4. The van der Waals surface area contributed by atoms with Gasteiger partial charge in [0.1, 0.15) is 0 Å². The summed E-state index contributed by atoms with van der Waals surface area (Å²) in [5, 5.41) is 14.6. The van der Waals surface area contributed by atoms with Crippen LogP contribution in [0.2, 0.25) is 0 Å². The second kappa shape index (κ2) is 6.64. The topological polar surface area (TPSA) is 61.4 Å². The third-order valence-corrected chi connectivity index (χ3v) is 3.25. The van der Waals surface area contributed by atoms with Gasteiger partial charge >= 0.3 is 6.18 Å². The van der Waals surface area contributed by atoms with Crippen LogP contribution in [0.5, 0.6) is 0 Å². The summed E-state index contributed by atoms with van der Waals surface area (Å²) in [6, 6.07) is 2.62. The first-order chi connectivity index (χ1) is 9.27. The number of aliphatic hydroxyl groups is 1. The molecule has 0 radical (unpaired) electrons. The summed E-state index contributed by atoms with van der Waals surface area (Å²) in [6.45, 7) is 1.92. The second-order valence-corrected chi connectivity index (χ2v) is 4.87. The third kappa shape index (κ3) is 4.33. The predicted octanol–water partition coefficient (Wildman–Crippen LogP) is 2.10. The lowest BCUT2D eigenvalue weighted by Gasteiger charge is -2.15. The quantitative estimate of drug-likeness (QED) is 0.781. The van der Waals surface area contributed by atoms with Crippen LogP contribution in [0.25, 0.3) is 0 Å². The zero-order valence-corrected chi connectivity index (χ0v) is 12.0. The summed E-state index contributed by atoms with van der Waals surface area (Å²) < 4.78 is 37.9. The Kier molecular flexibility index (Phi) is 5.61. The van der Waals surface area contributed by atoms with E-state index in [1.807, 2.05) is 0 Å². The predicted molar refractivity (Wildman–Crippen MR) is 74.5 cm³/mol. The van der Waals surface area contributed by atoms with Gasteiger partial charge in [-0.25, -0.2) is 0 Å². The molecular formula is C13H16ClF3N2O2. The van der Waals surface area contributed by atoms with Gasteiger partial charge in [-0.2, -0.15) is 13.2 Å². The number of anilines is 1. The highest BCUT2D eigenvalue weighted by Crippen LogP contribution is 2.32. The molecule has 1 amide bonds. The summed E-state index contributed by atoms with van der Waals surface area (Å²) in [4.78, 5) is 11.9. The SMILES string of the molecule is Cc1ccc(C(F)(F)F)cc1NC(=O)C1CC(O)CN1.Cl. The minimum Gasteiger partial charge on any atom is -0.392 e. The molecular weight excluding hydrogens is 309 g/mol. The number of rotatable bonds is 2. The molecule has 3 N–H and O–H groups in total. The van der Waals surface area contributed by atoms with Gasteiger partial charge in [-0.05, 0) is 31.0 Å². The summed E-state index contributed by atoms with van der Waals surface area (Å²) in [5.74, 6) is -0.441. The van der Waals surface area contributed by atoms with Crippen molar-refractivity contribution < 1.29 is 23.1 Å². The average Bonchev–Trinajstić information content (AvgIpc) is 2.77. The molecule has 1 heterocycles. The molecule has 2 rings (SSSR count). The first kappa shape index (κ1) is 17.7. The molecule has 0 aromatic heterocycles. The lowest BCUT2D eigenvalue weighted by molar-refractivity contribution is -0.137. The molecule has 0 spiro atoms. The van der Waals surface area contributed by atoms with Crippen LogP contribution in [-0.2, 0) is 11.0 Å². The monoisotopic (exact) mass is 324 g/mol. The van der Waals surface area contributed by atoms with Crippen LogP contribution in [-0.4, -0.2) is 29.7 Å². The Morgan fingerprint density at radius 3 is 2.62 bits per heavy atom. The zero-order chi connectivity index (χ0) is 14.9. The molecule has 1 aromatic rings. The molecule has 4 nitrogen and oxygen atoms in total. The number of amides is 1. The minimum atomic E-state index is -4.45. The highest BCUT2D eigenvalue weighted by Gasteiger charge is 2.32. The van der Waals surface area contributed by atoms with Crippen molar-refractivity contribution in [2.75, 3.05) is 11.9 Å². The van der Waals surface area contributed by atoms with Crippen molar-refractivity contribution in [1.29, 1.82) is 0 Å². The largest absolute Gasteiger partial charge is 0.416 e. The Bertz CT molecular complexity index is 523. The van der Waals surface area contributed by atoms with Crippen molar-refractivity contribution in [3.05, 3.63) is 29.3 Å². The molecule has 2 unspecified atom stereocenters. The van der Waals surface area contributed by atoms with Crippen LogP contribution in [0.4, 0.5) is 18.9 Å². The minimum absolute atomic E-state index is 0. The van der Waals surface area contributed by atoms with E-state index in [9.17, 15) is 23.1 Å². The molecule has 0 bridgehead atoms. The van der Waals surface area contributed by atoms with Crippen LogP contribution in [0, 0.1) is 6.92 Å². The van der Waals surface area contributed by atoms with Crippen LogP contribution in [0.15, 0.2) is 18.2 Å². The van der Waals surface area contributed by atoms with Crippen molar-refractivity contribution >= 4 is 24.0 Å². The Hall–Kier alpha value is -1.31. The highest BCUT2D eigenvalue weighted by molar-refractivity contribution is 5.95. The van der Waals surface area contributed by atoms with Gasteiger partial charge in [0.15, 0.2) is 0 Å². The molecule has 1 fully saturated rings. The molecule has 8 heteroatoms. The van der Waals surface area contributed by atoms with Crippen molar-refractivity contribution in [3.63, 3.8) is 0 Å². The summed E-state index contributed by atoms with van der Waals surface area (Å²) in [5.41, 5.74) is -0.129. The number of carbonyl (C=O) groups is 1. The molecule has 21 heavy (non-hydrogen) atoms. The van der Waals surface area contributed by atoms with Crippen molar-refractivity contribution in [1.82, 2.24) is 5.32 Å². The molecule has 1 aliphatic rings. The number of nitrogens with one attached hydrogen (secondary N) is 2. The van der Waals surface area contributed by atoms with Gasteiger partial charge in [-0.15, -0.1) is 12.4 Å². The molecule has 1 aromatic carbocycles. The summed E-state index contributed by atoms with van der Waals surface area (Å²) in [7, 11) is 0. The van der Waals surface area contributed by atoms with Gasteiger partial charge < -0.3 is 15.7 Å². The number of aliphatic hydroxyl groups excluding tert-OH is 1. The van der Waals surface area contributed by atoms with E-state index in [1.54, 1.807) is 6.92 Å². The van der Waals surface area contributed by atoms with E-state index in [1.165, 1.54) is 6.07 Å². The molecule has 118 valence electrons. The van der Waals surface area contributed by atoms with E-state index in [-0.39, 0.29) is 24.5 Å². The average molecular weight is 325 g/mol. The van der Waals surface area contributed by atoms with Crippen molar-refractivity contribution in [2.45, 2.75) is 31.7 Å². The number of β-amino-alcohol motifs (C(OH)–C–C–N with tert-alkyl or cyclic N) is 1. The van der Waals surface area contributed by atoms with Gasteiger partial charge in [-0.3, -0.25) is 4.79 Å². The fraction of sp³-hybridized carbons (Fsp3) is 0.462. The number of alkyl halides is 3. The molecule has 1 saturated heterocycles. The van der Waals surface area contributed by atoms with Crippen molar-refractivity contribution in [2.24, 2.45) is 0 Å². The lowest BCUT2D eigenvalue weighted by Crippen LogP contribution is -2.35. The first-order valence-electron chi connectivity index (χ1n) is 6.17. The zero-order valence-electron chi connectivity index (χ0n) is 11.2. The summed E-state index contributed by atoms with van der Waals surface area (Å²) >= 11 is 0. The van der Waals surface area contributed by atoms with Crippen LogP contribution < -0.4 is 10.6 Å². The fourth-order valence-corrected chi connectivity index (χ4v) is 2.07. The first-order valence-corrected chi connectivity index (χ1v) is 6.17. The second-order valence-electron chi connectivity index (χ2n) is 4.87. The summed E-state index contributed by atoms with van der Waals surface area (Å²) in [6.07, 6.45) is -4.80. The molecule has 2 atom stereocenters. The number of hydrogen-bond acceptors (Lipinski definition) is 3. The highest BCUT2D eigenvalue weighted by atomic mass is 35.5. The van der Waals surface area contributed by atoms with Gasteiger partial charge in [0.2, 0.25) is 5.91 Å². The van der Waals surface area contributed by atoms with Gasteiger partial charge in [0, 0.05) is 12.2 Å². The standard InChI is InChI=1S/C13H15F3N2O2.ClH/c1-7-2-3-8(13(14,15)16)4-10(7)18-12(20)11-5-9(19)6-17-11;/h2-4,9,11,17,19H,5-6H2,1H3,(H,18,20);1H. The van der Waals surface area contributed by atoms with Gasteiger partial charge in [0.05, 0.1) is 17.7 Å². The Labute approximate surface area is 126 Å². The van der Waals surface area contributed by atoms with Gasteiger partial charge in [-0.1, -0.05) is 6.07 Å². The van der Waals surface area contributed by atoms with Gasteiger partial charge in [0.25, 0.3) is 0 Å². The smallest absolute Gasteiger partial charge is 0.392 e. The maximum absolute atomic E-state index is 12.6. The fourth-order valence-electron chi connectivity index (χ4n) is 2.07. The molecule has 0 aliphatic carbocycles. The van der Waals surface area contributed by atoms with Crippen LogP contribution in [0.3, 0.4) is 0 Å². The van der Waals surface area contributed by atoms with E-state index in [0.29, 0.717) is 12.1 Å². The Balaban J connectivity index is 0.00000220. The van der Waals surface area contributed by atoms with E-state index in [4.69, 9.17) is 0 Å². The normalized spacial score (nSPS) is 21.8. The van der Waals surface area contributed by atoms with Crippen LogP contribution >= 0.6 is 12.4 Å². The lowest BCUT2D eigenvalue weighted by atomic mass is 10.1. The van der Waals surface area contributed by atoms with E-state index in [0.717, 1.165) is 12.1 Å². The van der Waals surface area contributed by atoms with E-state index >= 15 is 0 Å². The Morgan fingerprint density at radius 2 is 2.10 bits per heavy atom. The maximum atomic E-state index is 12.6. The Morgan fingerprint density at radius 1 is 1.43 bits per heavy atom. The third-order valence-electron chi connectivity index (χ3n) is 3.25. The molecule has 0 saturated carbocycles. The van der Waals surface area contributed by atoms with Crippen LogP contribution in [0.1, 0.15) is 17.5 Å². The number of hydrogen-bond donors (Lipinski definition) is 3. The number of benzene rings is 1. The number of aryl methyl sites for hydroxylation is 1. The van der Waals surface area contributed by atoms with Crippen molar-refractivity contribution in [3.8, 4) is 0 Å². The molecule has 1 aliphatic heterocycles. The van der Waals surface area contributed by atoms with E-state index < -0.39 is 29.8 Å². The maximum Gasteiger partial charge on any atom is 0.416 e.